The van der Waals surface area contributed by atoms with Gasteiger partial charge in [-0.3, -0.25) is 0 Å². The van der Waals surface area contributed by atoms with Crippen LogP contribution in [0.4, 0.5) is 0 Å². The van der Waals surface area contributed by atoms with Crippen molar-refractivity contribution in [2.24, 2.45) is 0 Å². The predicted octanol–water partition coefficient (Wildman–Crippen LogP) is 3.32. The second-order valence-electron chi connectivity index (χ2n) is 2.87. The Balaban J connectivity index is 0.000000318. The third-order valence-corrected chi connectivity index (χ3v) is 1.75. The summed E-state index contributed by atoms with van der Waals surface area (Å²) in [6.45, 7) is 2.33. The number of aliphatic hydroxyl groups is 1. The van der Waals surface area contributed by atoms with Gasteiger partial charge in [-0.2, -0.15) is 18.2 Å². The number of hydrogen-bond acceptors (Lipinski definition) is 2. The molecule has 0 heterocycles. The smallest absolute Gasteiger partial charge is 0.284 e. The van der Waals surface area contributed by atoms with Crippen LogP contribution in [-0.4, -0.2) is 11.7 Å². The van der Waals surface area contributed by atoms with Crippen LogP contribution < -0.4 is 0 Å². The fourth-order valence-electron chi connectivity index (χ4n) is 1.06. The van der Waals surface area contributed by atoms with Gasteiger partial charge in [-0.05, 0) is 19.1 Å². The van der Waals surface area contributed by atoms with Gasteiger partial charge in [0.1, 0.15) is 0 Å². The van der Waals surface area contributed by atoms with E-state index in [9.17, 15) is 0 Å². The molecule has 0 saturated carbocycles. The molecule has 0 unspecified atom stereocenters. The monoisotopic (exact) mass is 259 g/mol. The van der Waals surface area contributed by atoms with Crippen LogP contribution in [0.2, 0.25) is 0 Å². The molecule has 0 fully saturated rings. The molecule has 2 nitrogen and oxygen atoms in total. The van der Waals surface area contributed by atoms with Crippen LogP contribution in [0.1, 0.15) is 6.92 Å². The standard InChI is InChI=1S/C8H10O2.C5H5.Fe/c1-2-10-8(9)7-5-3-4-6-7;1-2-4-5-3-1;/h3-6,9H,2H2,1H3;1-5H;/q;-1;. The Morgan fingerprint density at radius 1 is 1.25 bits per heavy atom. The molecule has 1 aliphatic carbocycles. The topological polar surface area (TPSA) is 29.5 Å². The van der Waals surface area contributed by atoms with E-state index in [0.717, 1.165) is 5.57 Å². The summed E-state index contributed by atoms with van der Waals surface area (Å²) in [5, 5.41) is 9.10. The Morgan fingerprint density at radius 2 is 1.81 bits per heavy atom. The largest absolute Gasteiger partial charge is 0.481 e. The summed E-state index contributed by atoms with van der Waals surface area (Å²) in [4.78, 5) is 0. The van der Waals surface area contributed by atoms with E-state index in [0.29, 0.717) is 6.61 Å². The van der Waals surface area contributed by atoms with Crippen LogP contribution in [0.25, 0.3) is 0 Å². The fraction of sp³-hybridized carbons (Fsp3) is 0.154. The molecule has 88 valence electrons. The number of hydrogen-bond donors (Lipinski definition) is 1. The first-order valence-corrected chi connectivity index (χ1v) is 4.92. The first-order chi connectivity index (χ1) is 7.34. The molecule has 3 heteroatoms. The molecule has 0 aromatic heterocycles. The summed E-state index contributed by atoms with van der Waals surface area (Å²) in [7, 11) is 0. The molecule has 0 aliphatic heterocycles. The predicted molar refractivity (Wildman–Crippen MR) is 61.6 cm³/mol. The molecule has 16 heavy (non-hydrogen) atoms. The number of ether oxygens (including phenoxy) is 1. The van der Waals surface area contributed by atoms with E-state index >= 15 is 0 Å². The van der Waals surface area contributed by atoms with Crippen molar-refractivity contribution in [3.05, 3.63) is 66.2 Å². The summed E-state index contributed by atoms with van der Waals surface area (Å²) < 4.78 is 4.86. The molecule has 0 spiro atoms. The fourth-order valence-corrected chi connectivity index (χ4v) is 1.06. The average molecular weight is 259 g/mol. The maximum Gasteiger partial charge on any atom is 0.284 e. The SMILES string of the molecule is CCOC(O)=C1C=CC=C1.[Fe].c1cc[cH-]c1. The molecule has 1 aliphatic rings. The van der Waals surface area contributed by atoms with Crippen molar-refractivity contribution in [2.75, 3.05) is 6.61 Å². The Labute approximate surface area is 107 Å². The van der Waals surface area contributed by atoms with Crippen LogP contribution in [-0.2, 0) is 21.8 Å². The minimum absolute atomic E-state index is 0. The number of allylic oxidation sites excluding steroid dienone is 5. The van der Waals surface area contributed by atoms with Crippen molar-refractivity contribution in [2.45, 2.75) is 6.92 Å². The average Bonchev–Trinajstić information content (AvgIpc) is 2.95. The van der Waals surface area contributed by atoms with Crippen molar-refractivity contribution in [1.29, 1.82) is 0 Å². The molecule has 2 rings (SSSR count). The van der Waals surface area contributed by atoms with Crippen molar-refractivity contribution in [3.63, 3.8) is 0 Å². The van der Waals surface area contributed by atoms with Crippen LogP contribution >= 0.6 is 0 Å². The number of rotatable bonds is 2. The van der Waals surface area contributed by atoms with Gasteiger partial charge >= 0.3 is 0 Å². The number of aliphatic hydroxyl groups excluding tert-OH is 1. The van der Waals surface area contributed by atoms with E-state index in [2.05, 4.69) is 0 Å². The van der Waals surface area contributed by atoms with Gasteiger partial charge in [0.05, 0.1) is 12.2 Å². The van der Waals surface area contributed by atoms with Crippen molar-refractivity contribution >= 4 is 0 Å². The zero-order valence-electron chi connectivity index (χ0n) is 9.11. The van der Waals surface area contributed by atoms with Gasteiger partial charge in [-0.15, -0.1) is 0 Å². The second-order valence-corrected chi connectivity index (χ2v) is 2.87. The first-order valence-electron chi connectivity index (χ1n) is 4.92. The molecule has 0 bridgehead atoms. The third-order valence-electron chi connectivity index (χ3n) is 1.75. The van der Waals surface area contributed by atoms with Crippen LogP contribution in [0.15, 0.2) is 66.2 Å². The zero-order chi connectivity index (χ0) is 10.9. The Kier molecular flexibility index (Phi) is 8.22. The summed E-state index contributed by atoms with van der Waals surface area (Å²) in [5.41, 5.74) is 0.738. The normalized spacial score (nSPS) is 11.4. The Bertz CT molecular complexity index is 317. The van der Waals surface area contributed by atoms with Crippen molar-refractivity contribution < 1.29 is 26.9 Å². The maximum absolute atomic E-state index is 9.10. The zero-order valence-corrected chi connectivity index (χ0v) is 10.2. The Hall–Kier alpha value is -1.31. The van der Waals surface area contributed by atoms with Crippen molar-refractivity contribution in [3.8, 4) is 0 Å². The molecule has 0 radical (unpaired) electrons. The van der Waals surface area contributed by atoms with E-state index in [1.807, 2.05) is 49.4 Å². The quantitative estimate of drug-likeness (QED) is 0.501. The third kappa shape index (κ3) is 5.54. The van der Waals surface area contributed by atoms with Crippen molar-refractivity contribution in [1.82, 2.24) is 0 Å². The first kappa shape index (κ1) is 14.7. The summed E-state index contributed by atoms with van der Waals surface area (Å²) in [6, 6.07) is 10.0. The van der Waals surface area contributed by atoms with Gasteiger partial charge in [-0.25, -0.2) is 12.1 Å². The van der Waals surface area contributed by atoms with Gasteiger partial charge in [0, 0.05) is 17.1 Å². The molecular formula is C13H15FeO2-. The van der Waals surface area contributed by atoms with E-state index in [1.165, 1.54) is 0 Å². The molecule has 0 saturated heterocycles. The van der Waals surface area contributed by atoms with Crippen LogP contribution in [0.5, 0.6) is 0 Å². The van der Waals surface area contributed by atoms with Gasteiger partial charge in [-0.1, -0.05) is 12.2 Å². The molecular weight excluding hydrogens is 244 g/mol. The maximum atomic E-state index is 9.10. The van der Waals surface area contributed by atoms with Gasteiger partial charge in [0.25, 0.3) is 5.95 Å². The van der Waals surface area contributed by atoms with Gasteiger partial charge in [0.15, 0.2) is 0 Å². The molecule has 0 amide bonds. The van der Waals surface area contributed by atoms with E-state index < -0.39 is 0 Å². The van der Waals surface area contributed by atoms with E-state index in [1.54, 1.807) is 12.2 Å². The van der Waals surface area contributed by atoms with E-state index in [4.69, 9.17) is 9.84 Å². The van der Waals surface area contributed by atoms with E-state index in [-0.39, 0.29) is 23.0 Å². The summed E-state index contributed by atoms with van der Waals surface area (Å²) in [6.07, 6.45) is 7.30. The minimum atomic E-state index is 0. The van der Waals surface area contributed by atoms with Gasteiger partial charge < -0.3 is 9.84 Å². The molecule has 1 aromatic rings. The summed E-state index contributed by atoms with van der Waals surface area (Å²) >= 11 is 0. The molecule has 0 atom stereocenters. The van der Waals surface area contributed by atoms with Crippen LogP contribution in [0, 0.1) is 0 Å². The van der Waals surface area contributed by atoms with Crippen LogP contribution in [0.3, 0.4) is 0 Å². The Morgan fingerprint density at radius 3 is 2.19 bits per heavy atom. The van der Waals surface area contributed by atoms with Gasteiger partial charge in [0.2, 0.25) is 0 Å². The summed E-state index contributed by atoms with van der Waals surface area (Å²) in [5.74, 6) is 0.00694. The second kappa shape index (κ2) is 8.95. The molecule has 1 aromatic carbocycles. The minimum Gasteiger partial charge on any atom is -0.481 e. The molecule has 1 N–H and O–H groups in total.